The van der Waals surface area contributed by atoms with Crippen molar-refractivity contribution in [3.8, 4) is 22.8 Å². The minimum atomic E-state index is -1.11. The van der Waals surface area contributed by atoms with Gasteiger partial charge in [-0.1, -0.05) is 15.9 Å². The largest absolute Gasteiger partial charge is 0.504 e. The maximum atomic E-state index is 10.8. The van der Waals surface area contributed by atoms with Gasteiger partial charge in [0.05, 0.1) is 12.8 Å². The summed E-state index contributed by atoms with van der Waals surface area (Å²) in [6.45, 7) is 1.79. The molecule has 0 saturated heterocycles. The molecule has 1 aromatic heterocycles. The maximum absolute atomic E-state index is 10.8. The van der Waals surface area contributed by atoms with Gasteiger partial charge in [-0.2, -0.15) is 5.10 Å². The second kappa shape index (κ2) is 4.93. The average Bonchev–Trinajstić information content (AvgIpc) is 2.84. The van der Waals surface area contributed by atoms with Crippen LogP contribution in [0.1, 0.15) is 16.1 Å². The van der Waals surface area contributed by atoms with E-state index >= 15 is 0 Å². The van der Waals surface area contributed by atoms with Crippen LogP contribution in [-0.4, -0.2) is 33.5 Å². The number of carboxylic acids is 1. The summed E-state index contributed by atoms with van der Waals surface area (Å²) in [5, 5.41) is 25.3. The van der Waals surface area contributed by atoms with Gasteiger partial charge < -0.3 is 14.9 Å². The molecule has 2 rings (SSSR count). The van der Waals surface area contributed by atoms with Crippen LogP contribution in [-0.2, 0) is 0 Å². The number of hydrogen-bond acceptors (Lipinski definition) is 4. The number of benzene rings is 1. The molecule has 0 saturated carbocycles. The number of nitrogens with zero attached hydrogens (tertiary/aromatic N) is 1. The van der Waals surface area contributed by atoms with E-state index < -0.39 is 5.97 Å². The Morgan fingerprint density at radius 1 is 1.47 bits per heavy atom. The highest BCUT2D eigenvalue weighted by Crippen LogP contribution is 2.42. The molecule has 0 bridgehead atoms. The number of H-pyrrole nitrogens is 1. The van der Waals surface area contributed by atoms with Crippen LogP contribution in [0.5, 0.6) is 11.5 Å². The molecule has 0 radical (unpaired) electrons. The number of ether oxygens (including phenoxy) is 1. The van der Waals surface area contributed by atoms with Crippen LogP contribution in [0.4, 0.5) is 0 Å². The number of aromatic carboxylic acids is 1. The molecule has 0 aliphatic heterocycles. The second-order valence-electron chi connectivity index (χ2n) is 3.88. The van der Waals surface area contributed by atoms with Gasteiger partial charge in [0.1, 0.15) is 5.69 Å². The minimum absolute atomic E-state index is 0.0509. The van der Waals surface area contributed by atoms with Crippen molar-refractivity contribution in [2.75, 3.05) is 7.11 Å². The fraction of sp³-hybridized carbons (Fsp3) is 0.167. The lowest BCUT2D eigenvalue weighted by atomic mass is 10.1. The third-order valence-corrected chi connectivity index (χ3v) is 3.55. The summed E-state index contributed by atoms with van der Waals surface area (Å²) < 4.78 is 5.87. The van der Waals surface area contributed by atoms with Crippen LogP contribution in [0.25, 0.3) is 11.3 Å². The van der Waals surface area contributed by atoms with Gasteiger partial charge in [-0.3, -0.25) is 5.10 Å². The highest BCUT2D eigenvalue weighted by Gasteiger charge is 2.18. The average molecular weight is 327 g/mol. The number of halogens is 1. The number of aromatic amines is 1. The van der Waals surface area contributed by atoms with Crippen molar-refractivity contribution in [3.63, 3.8) is 0 Å². The van der Waals surface area contributed by atoms with Crippen molar-refractivity contribution >= 4 is 21.9 Å². The predicted molar refractivity (Wildman–Crippen MR) is 71.6 cm³/mol. The van der Waals surface area contributed by atoms with E-state index in [4.69, 9.17) is 9.84 Å². The van der Waals surface area contributed by atoms with E-state index in [1.165, 1.54) is 13.2 Å². The first-order valence-electron chi connectivity index (χ1n) is 5.30. The van der Waals surface area contributed by atoms with Crippen molar-refractivity contribution in [1.82, 2.24) is 10.2 Å². The number of nitrogens with one attached hydrogen (secondary N) is 1. The van der Waals surface area contributed by atoms with E-state index in [0.29, 0.717) is 17.0 Å². The van der Waals surface area contributed by atoms with E-state index in [2.05, 4.69) is 26.1 Å². The zero-order chi connectivity index (χ0) is 14.2. The summed E-state index contributed by atoms with van der Waals surface area (Å²) in [5.41, 5.74) is 1.41. The molecule has 1 aromatic carbocycles. The third kappa shape index (κ3) is 2.28. The molecule has 1 heterocycles. The molecule has 0 atom stereocenters. The summed E-state index contributed by atoms with van der Waals surface area (Å²) in [5.74, 6) is -0.868. The highest BCUT2D eigenvalue weighted by atomic mass is 79.9. The van der Waals surface area contributed by atoms with Crippen LogP contribution in [0.15, 0.2) is 16.6 Å². The van der Waals surface area contributed by atoms with E-state index in [1.807, 2.05) is 0 Å². The monoisotopic (exact) mass is 326 g/mol. The van der Waals surface area contributed by atoms with E-state index in [1.54, 1.807) is 13.0 Å². The Balaban J connectivity index is 2.61. The number of methoxy groups -OCH3 is 1. The topological polar surface area (TPSA) is 95.4 Å². The molecule has 7 heteroatoms. The Hall–Kier alpha value is -2.02. The van der Waals surface area contributed by atoms with Gasteiger partial charge in [0.2, 0.25) is 0 Å². The number of aromatic nitrogens is 2. The Labute approximate surface area is 117 Å². The Bertz CT molecular complexity index is 651. The molecule has 6 nitrogen and oxygen atoms in total. The lowest BCUT2D eigenvalue weighted by molar-refractivity contribution is 0.0690. The normalized spacial score (nSPS) is 10.5. The number of carboxylic acid groups (broad SMARTS) is 1. The van der Waals surface area contributed by atoms with Gasteiger partial charge in [0.15, 0.2) is 11.5 Å². The fourth-order valence-electron chi connectivity index (χ4n) is 1.73. The summed E-state index contributed by atoms with van der Waals surface area (Å²) in [4.78, 5) is 10.8. The molecule has 0 amide bonds. The van der Waals surface area contributed by atoms with Crippen molar-refractivity contribution in [3.05, 3.63) is 27.9 Å². The van der Waals surface area contributed by atoms with Crippen LogP contribution < -0.4 is 4.74 Å². The van der Waals surface area contributed by atoms with Crippen LogP contribution >= 0.6 is 15.9 Å². The number of hydrogen-bond donors (Lipinski definition) is 3. The summed E-state index contributed by atoms with van der Waals surface area (Å²) in [6.07, 6.45) is 0. The Morgan fingerprint density at radius 2 is 2.16 bits per heavy atom. The molecular weight excluding hydrogens is 316 g/mol. The van der Waals surface area contributed by atoms with Gasteiger partial charge >= 0.3 is 5.97 Å². The standard InChI is InChI=1S/C12H11BrN2O4/c1-5-7(13)3-6(10(16)11(5)19-2)8-4-9(12(17)18)15-14-8/h3-4,16H,1-2H3,(H,14,15)(H,17,18). The predicted octanol–water partition coefficient (Wildman–Crippen LogP) is 2.56. The smallest absolute Gasteiger partial charge is 0.353 e. The van der Waals surface area contributed by atoms with E-state index in [-0.39, 0.29) is 11.4 Å². The zero-order valence-electron chi connectivity index (χ0n) is 10.2. The van der Waals surface area contributed by atoms with Crippen molar-refractivity contribution in [2.45, 2.75) is 6.92 Å². The molecule has 2 aromatic rings. The third-order valence-electron chi connectivity index (χ3n) is 2.73. The first kappa shape index (κ1) is 13.4. The quantitative estimate of drug-likeness (QED) is 0.805. The summed E-state index contributed by atoms with van der Waals surface area (Å²) >= 11 is 3.36. The van der Waals surface area contributed by atoms with Gasteiger partial charge in [-0.15, -0.1) is 0 Å². The minimum Gasteiger partial charge on any atom is -0.504 e. The van der Waals surface area contributed by atoms with Crippen molar-refractivity contribution in [2.24, 2.45) is 0 Å². The molecule has 100 valence electrons. The second-order valence-corrected chi connectivity index (χ2v) is 4.74. The Kier molecular flexibility index (Phi) is 3.48. The van der Waals surface area contributed by atoms with Gasteiger partial charge in [-0.05, 0) is 19.1 Å². The lowest BCUT2D eigenvalue weighted by Gasteiger charge is -2.12. The molecule has 19 heavy (non-hydrogen) atoms. The van der Waals surface area contributed by atoms with Gasteiger partial charge in [0.25, 0.3) is 0 Å². The number of rotatable bonds is 3. The maximum Gasteiger partial charge on any atom is 0.353 e. The lowest BCUT2D eigenvalue weighted by Crippen LogP contribution is -1.95. The number of carbonyl (C=O) groups is 1. The summed E-state index contributed by atoms with van der Waals surface area (Å²) in [6, 6.07) is 3.01. The molecule has 0 unspecified atom stereocenters. The first-order chi connectivity index (χ1) is 8.95. The molecular formula is C12H11BrN2O4. The SMILES string of the molecule is COc1c(C)c(Br)cc(-c2cc(C(=O)O)[nH]n2)c1O. The Morgan fingerprint density at radius 3 is 2.68 bits per heavy atom. The molecule has 0 aliphatic carbocycles. The fourth-order valence-corrected chi connectivity index (χ4v) is 2.13. The van der Waals surface area contributed by atoms with Crippen LogP contribution in [0, 0.1) is 6.92 Å². The van der Waals surface area contributed by atoms with E-state index in [9.17, 15) is 9.90 Å². The van der Waals surface area contributed by atoms with Crippen LogP contribution in [0.3, 0.4) is 0 Å². The summed E-state index contributed by atoms with van der Waals surface area (Å²) in [7, 11) is 1.45. The first-order valence-corrected chi connectivity index (χ1v) is 6.10. The van der Waals surface area contributed by atoms with Gasteiger partial charge in [-0.25, -0.2) is 4.79 Å². The number of aromatic hydroxyl groups is 1. The zero-order valence-corrected chi connectivity index (χ0v) is 11.8. The highest BCUT2D eigenvalue weighted by molar-refractivity contribution is 9.10. The number of phenols is 1. The van der Waals surface area contributed by atoms with Gasteiger partial charge in [0, 0.05) is 15.6 Å². The van der Waals surface area contributed by atoms with Crippen molar-refractivity contribution < 1.29 is 19.7 Å². The van der Waals surface area contributed by atoms with E-state index in [0.717, 1.165) is 10.0 Å². The molecule has 0 fully saturated rings. The van der Waals surface area contributed by atoms with Crippen molar-refractivity contribution in [1.29, 1.82) is 0 Å². The number of phenolic OH excluding ortho intramolecular Hbond substituents is 1. The molecule has 0 spiro atoms. The molecule has 3 N–H and O–H groups in total. The van der Waals surface area contributed by atoms with Crippen LogP contribution in [0.2, 0.25) is 0 Å². The molecule has 0 aliphatic rings.